The van der Waals surface area contributed by atoms with Crippen molar-refractivity contribution in [1.82, 2.24) is 10.6 Å². The van der Waals surface area contributed by atoms with Crippen LogP contribution >= 0.6 is 0 Å². The van der Waals surface area contributed by atoms with Crippen molar-refractivity contribution in [3.63, 3.8) is 0 Å². The number of amides is 2. The van der Waals surface area contributed by atoms with Gasteiger partial charge in [0, 0.05) is 6.54 Å². The van der Waals surface area contributed by atoms with Gasteiger partial charge in [0.15, 0.2) is 0 Å². The molecule has 3 aliphatic rings. The number of urea groups is 1. The molecule has 6 nitrogen and oxygen atoms in total. The fourth-order valence-corrected chi connectivity index (χ4v) is 3.86. The van der Waals surface area contributed by atoms with Crippen LogP contribution in [-0.2, 0) is 9.53 Å². The van der Waals surface area contributed by atoms with Crippen LogP contribution in [0.2, 0.25) is 0 Å². The van der Waals surface area contributed by atoms with Gasteiger partial charge in [0.1, 0.15) is 0 Å². The first-order chi connectivity index (χ1) is 10.1. The number of carbonyl (C=O) groups excluding carboxylic acids is 1. The maximum atomic E-state index is 11.9. The van der Waals surface area contributed by atoms with Crippen molar-refractivity contribution >= 4 is 12.0 Å². The molecule has 3 atom stereocenters. The van der Waals surface area contributed by atoms with Crippen molar-refractivity contribution in [3.8, 4) is 0 Å². The molecule has 2 aliphatic heterocycles. The Hall–Kier alpha value is -1.30. The zero-order chi connectivity index (χ0) is 14.8. The molecule has 0 spiro atoms. The highest BCUT2D eigenvalue weighted by Crippen LogP contribution is 2.34. The minimum absolute atomic E-state index is 0.114. The van der Waals surface area contributed by atoms with Gasteiger partial charge >= 0.3 is 12.0 Å². The lowest BCUT2D eigenvalue weighted by atomic mass is 9.82. The van der Waals surface area contributed by atoms with Gasteiger partial charge in [-0.3, -0.25) is 4.79 Å². The van der Waals surface area contributed by atoms with E-state index >= 15 is 0 Å². The summed E-state index contributed by atoms with van der Waals surface area (Å²) in [6.07, 6.45) is 6.86. The molecule has 2 heterocycles. The number of aliphatic carboxylic acids is 1. The Morgan fingerprint density at radius 2 is 1.86 bits per heavy atom. The monoisotopic (exact) mass is 296 g/mol. The molecule has 3 rings (SSSR count). The molecule has 6 heteroatoms. The predicted octanol–water partition coefficient (Wildman–Crippen LogP) is 1.50. The highest BCUT2D eigenvalue weighted by atomic mass is 16.5. The van der Waals surface area contributed by atoms with Gasteiger partial charge in [-0.05, 0) is 50.9 Å². The van der Waals surface area contributed by atoms with E-state index in [1.807, 2.05) is 0 Å². The highest BCUT2D eigenvalue weighted by Gasteiger charge is 2.41. The molecule has 3 fully saturated rings. The lowest BCUT2D eigenvalue weighted by Crippen LogP contribution is -2.47. The number of fused-ring (bicyclic) bond motifs is 2. The summed E-state index contributed by atoms with van der Waals surface area (Å²) >= 11 is 0. The minimum Gasteiger partial charge on any atom is -0.481 e. The lowest BCUT2D eigenvalue weighted by molar-refractivity contribution is -0.143. The predicted molar refractivity (Wildman–Crippen MR) is 75.9 cm³/mol. The van der Waals surface area contributed by atoms with Gasteiger partial charge in [-0.2, -0.15) is 0 Å². The summed E-state index contributed by atoms with van der Waals surface area (Å²) in [6.45, 7) is 0.639. The number of carboxylic acid groups (broad SMARTS) is 1. The van der Waals surface area contributed by atoms with E-state index in [9.17, 15) is 9.59 Å². The normalized spacial score (nSPS) is 38.2. The maximum absolute atomic E-state index is 11.9. The molecule has 0 aromatic rings. The Bertz CT molecular complexity index is 406. The molecule has 2 amide bonds. The summed E-state index contributed by atoms with van der Waals surface area (Å²) in [5.74, 6) is -0.473. The first-order valence-electron chi connectivity index (χ1n) is 8.04. The standard InChI is InChI=1S/C15H24N2O4/c18-14(19)10-3-1-9(2-4-10)8-16-15(20)17-12-7-11-5-6-13(12)21-11/h9-13H,1-8H2,(H,18,19)(H2,16,17,20). The molecule has 21 heavy (non-hydrogen) atoms. The van der Waals surface area contributed by atoms with Crippen LogP contribution in [0, 0.1) is 11.8 Å². The van der Waals surface area contributed by atoms with Crippen LogP contribution in [0.3, 0.4) is 0 Å². The third-order valence-electron chi connectivity index (χ3n) is 5.17. The third kappa shape index (κ3) is 3.48. The fraction of sp³-hybridized carbons (Fsp3) is 0.867. The summed E-state index contributed by atoms with van der Waals surface area (Å²) in [6, 6.07) is 0.0444. The molecular formula is C15H24N2O4. The van der Waals surface area contributed by atoms with Gasteiger partial charge < -0.3 is 20.5 Å². The first kappa shape index (κ1) is 14.6. The average molecular weight is 296 g/mol. The van der Waals surface area contributed by atoms with Gasteiger partial charge in [0.2, 0.25) is 0 Å². The number of rotatable bonds is 4. The minimum atomic E-state index is -0.685. The van der Waals surface area contributed by atoms with Crippen LogP contribution in [0.15, 0.2) is 0 Å². The number of hydrogen-bond acceptors (Lipinski definition) is 3. The Balaban J connectivity index is 1.34. The summed E-state index contributed by atoms with van der Waals surface area (Å²) in [5, 5.41) is 14.9. The molecule has 3 N–H and O–H groups in total. The quantitative estimate of drug-likeness (QED) is 0.733. The molecule has 2 saturated heterocycles. The van der Waals surface area contributed by atoms with E-state index in [-0.39, 0.29) is 24.1 Å². The van der Waals surface area contributed by atoms with E-state index in [1.165, 1.54) is 0 Å². The molecule has 1 saturated carbocycles. The van der Waals surface area contributed by atoms with Crippen LogP contribution in [0.25, 0.3) is 0 Å². The molecule has 0 aromatic heterocycles. The maximum Gasteiger partial charge on any atom is 0.315 e. The van der Waals surface area contributed by atoms with E-state index in [0.29, 0.717) is 18.6 Å². The lowest BCUT2D eigenvalue weighted by Gasteiger charge is -2.27. The van der Waals surface area contributed by atoms with E-state index in [1.54, 1.807) is 0 Å². The van der Waals surface area contributed by atoms with Crippen molar-refractivity contribution in [2.75, 3.05) is 6.54 Å². The highest BCUT2D eigenvalue weighted by molar-refractivity contribution is 5.74. The SMILES string of the molecule is O=C(NCC1CCC(C(=O)O)CC1)NC1CC2CCC1O2. The molecule has 1 aliphatic carbocycles. The molecule has 2 bridgehead atoms. The summed E-state index contributed by atoms with van der Waals surface area (Å²) < 4.78 is 5.72. The first-order valence-corrected chi connectivity index (χ1v) is 8.04. The molecule has 3 unspecified atom stereocenters. The number of hydrogen-bond donors (Lipinski definition) is 3. The van der Waals surface area contributed by atoms with Crippen LogP contribution in [-0.4, -0.2) is 41.9 Å². The zero-order valence-electron chi connectivity index (χ0n) is 12.2. The second kappa shape index (κ2) is 6.22. The van der Waals surface area contributed by atoms with Crippen LogP contribution in [0.4, 0.5) is 4.79 Å². The van der Waals surface area contributed by atoms with Crippen molar-refractivity contribution in [2.45, 2.75) is 63.2 Å². The summed E-state index contributed by atoms with van der Waals surface area (Å²) in [5.41, 5.74) is 0. The smallest absolute Gasteiger partial charge is 0.315 e. The molecular weight excluding hydrogens is 272 g/mol. The van der Waals surface area contributed by atoms with Crippen LogP contribution in [0.1, 0.15) is 44.9 Å². The van der Waals surface area contributed by atoms with E-state index in [2.05, 4.69) is 10.6 Å². The fourth-order valence-electron chi connectivity index (χ4n) is 3.86. The van der Waals surface area contributed by atoms with Crippen LogP contribution in [0.5, 0.6) is 0 Å². The summed E-state index contributed by atoms with van der Waals surface area (Å²) in [4.78, 5) is 22.8. The molecule has 0 radical (unpaired) electrons. The second-order valence-electron chi connectivity index (χ2n) is 6.63. The number of ether oxygens (including phenoxy) is 1. The topological polar surface area (TPSA) is 87.7 Å². The van der Waals surface area contributed by atoms with Crippen molar-refractivity contribution in [1.29, 1.82) is 0 Å². The molecule has 0 aromatic carbocycles. The average Bonchev–Trinajstić information content (AvgIpc) is 3.08. The second-order valence-corrected chi connectivity index (χ2v) is 6.63. The van der Waals surface area contributed by atoms with Gasteiger partial charge in [-0.25, -0.2) is 4.79 Å². The van der Waals surface area contributed by atoms with Gasteiger partial charge in [-0.15, -0.1) is 0 Å². The number of carbonyl (C=O) groups is 2. The van der Waals surface area contributed by atoms with Crippen molar-refractivity contribution in [3.05, 3.63) is 0 Å². The van der Waals surface area contributed by atoms with Crippen LogP contribution < -0.4 is 10.6 Å². The zero-order valence-corrected chi connectivity index (χ0v) is 12.2. The van der Waals surface area contributed by atoms with Gasteiger partial charge in [-0.1, -0.05) is 0 Å². The van der Waals surface area contributed by atoms with E-state index in [4.69, 9.17) is 9.84 Å². The van der Waals surface area contributed by atoms with E-state index < -0.39 is 5.97 Å². The Morgan fingerprint density at radius 1 is 1.10 bits per heavy atom. The number of nitrogens with one attached hydrogen (secondary N) is 2. The third-order valence-corrected chi connectivity index (χ3v) is 5.17. The van der Waals surface area contributed by atoms with Gasteiger partial charge in [0.25, 0.3) is 0 Å². The largest absolute Gasteiger partial charge is 0.481 e. The van der Waals surface area contributed by atoms with E-state index in [0.717, 1.165) is 44.9 Å². The Morgan fingerprint density at radius 3 is 2.43 bits per heavy atom. The molecule has 118 valence electrons. The Kier molecular flexibility index (Phi) is 4.33. The number of carboxylic acids is 1. The van der Waals surface area contributed by atoms with Crippen molar-refractivity contribution in [2.24, 2.45) is 11.8 Å². The van der Waals surface area contributed by atoms with Gasteiger partial charge in [0.05, 0.1) is 24.2 Å². The van der Waals surface area contributed by atoms with Crippen molar-refractivity contribution < 1.29 is 19.4 Å². The Labute approximate surface area is 124 Å². The summed E-state index contributed by atoms with van der Waals surface area (Å²) in [7, 11) is 0.